The first-order chi connectivity index (χ1) is 10.1. The standard InChI is InChI=1S/C16H24N4O/c1-10-9-11(2)18-16(14(10)15(17)19-21)20-8-7-12-5-3-4-6-13(12)20/h9,12-13,21H,3-8H2,1-2H3,(H2,17,19). The van der Waals surface area contributed by atoms with Crippen molar-refractivity contribution in [2.75, 3.05) is 11.4 Å². The fourth-order valence-electron chi connectivity index (χ4n) is 4.06. The van der Waals surface area contributed by atoms with Gasteiger partial charge in [0.25, 0.3) is 0 Å². The average molecular weight is 288 g/mol. The molecule has 2 heterocycles. The van der Waals surface area contributed by atoms with Gasteiger partial charge in [0, 0.05) is 18.3 Å². The number of amidine groups is 1. The number of pyridine rings is 1. The Balaban J connectivity index is 2.05. The molecule has 1 aromatic heterocycles. The lowest BCUT2D eigenvalue weighted by atomic mass is 9.85. The van der Waals surface area contributed by atoms with E-state index in [9.17, 15) is 0 Å². The molecule has 114 valence electrons. The third kappa shape index (κ3) is 2.45. The van der Waals surface area contributed by atoms with E-state index < -0.39 is 0 Å². The van der Waals surface area contributed by atoms with E-state index >= 15 is 0 Å². The molecule has 21 heavy (non-hydrogen) atoms. The molecule has 0 bridgehead atoms. The lowest BCUT2D eigenvalue weighted by Crippen LogP contribution is -2.37. The van der Waals surface area contributed by atoms with Crippen LogP contribution in [0.2, 0.25) is 0 Å². The van der Waals surface area contributed by atoms with Crippen molar-refractivity contribution < 1.29 is 5.21 Å². The summed E-state index contributed by atoms with van der Waals surface area (Å²) in [5, 5.41) is 12.3. The molecule has 2 fully saturated rings. The minimum atomic E-state index is 0.161. The van der Waals surface area contributed by atoms with Gasteiger partial charge in [-0.05, 0) is 50.7 Å². The van der Waals surface area contributed by atoms with Crippen LogP contribution in [0.1, 0.15) is 48.9 Å². The minimum absolute atomic E-state index is 0.161. The zero-order valence-corrected chi connectivity index (χ0v) is 12.8. The van der Waals surface area contributed by atoms with Crippen molar-refractivity contribution >= 4 is 11.7 Å². The van der Waals surface area contributed by atoms with E-state index in [1.807, 2.05) is 19.9 Å². The molecule has 0 aromatic carbocycles. The third-order valence-electron chi connectivity index (χ3n) is 4.97. The fourth-order valence-corrected chi connectivity index (χ4v) is 4.06. The smallest absolute Gasteiger partial charge is 0.174 e. The van der Waals surface area contributed by atoms with Crippen LogP contribution < -0.4 is 10.6 Å². The molecule has 1 saturated carbocycles. The van der Waals surface area contributed by atoms with Gasteiger partial charge >= 0.3 is 0 Å². The van der Waals surface area contributed by atoms with Gasteiger partial charge in [-0.1, -0.05) is 18.0 Å². The molecular weight excluding hydrogens is 264 g/mol. The molecule has 3 N–H and O–H groups in total. The van der Waals surface area contributed by atoms with Gasteiger partial charge in [0.1, 0.15) is 5.82 Å². The molecule has 0 spiro atoms. The van der Waals surface area contributed by atoms with Crippen LogP contribution in [0.15, 0.2) is 11.2 Å². The number of aromatic nitrogens is 1. The summed E-state index contributed by atoms with van der Waals surface area (Å²) in [6.45, 7) is 5.03. The van der Waals surface area contributed by atoms with Gasteiger partial charge in [0.2, 0.25) is 0 Å². The van der Waals surface area contributed by atoms with Gasteiger partial charge in [-0.25, -0.2) is 4.98 Å². The summed E-state index contributed by atoms with van der Waals surface area (Å²) in [5.41, 5.74) is 8.70. The number of oxime groups is 1. The molecule has 5 heteroatoms. The molecule has 1 aromatic rings. The predicted octanol–water partition coefficient (Wildman–Crippen LogP) is 2.56. The molecule has 2 atom stereocenters. The molecule has 1 aliphatic carbocycles. The van der Waals surface area contributed by atoms with Crippen LogP contribution in [-0.4, -0.2) is 28.6 Å². The lowest BCUT2D eigenvalue weighted by Gasteiger charge is -2.33. The minimum Gasteiger partial charge on any atom is -0.409 e. The number of nitrogens with zero attached hydrogens (tertiary/aromatic N) is 3. The first kappa shape index (κ1) is 14.2. The zero-order chi connectivity index (χ0) is 15.0. The van der Waals surface area contributed by atoms with E-state index in [2.05, 4.69) is 10.1 Å². The predicted molar refractivity (Wildman–Crippen MR) is 83.9 cm³/mol. The number of aryl methyl sites for hydroxylation is 2. The van der Waals surface area contributed by atoms with Gasteiger partial charge < -0.3 is 15.8 Å². The van der Waals surface area contributed by atoms with E-state index in [0.29, 0.717) is 6.04 Å². The van der Waals surface area contributed by atoms with E-state index in [0.717, 1.165) is 35.1 Å². The number of nitrogens with two attached hydrogens (primary N) is 1. The molecule has 2 aliphatic rings. The Bertz CT molecular complexity index is 570. The second-order valence-electron chi connectivity index (χ2n) is 6.36. The van der Waals surface area contributed by atoms with Crippen LogP contribution in [0.3, 0.4) is 0 Å². The van der Waals surface area contributed by atoms with Crippen molar-refractivity contribution in [2.24, 2.45) is 16.8 Å². The number of rotatable bonds is 2. The van der Waals surface area contributed by atoms with Gasteiger partial charge in [-0.2, -0.15) is 0 Å². The third-order valence-corrected chi connectivity index (χ3v) is 4.97. The van der Waals surface area contributed by atoms with E-state index in [1.165, 1.54) is 32.1 Å². The highest BCUT2D eigenvalue weighted by Crippen LogP contribution is 2.39. The molecule has 0 radical (unpaired) electrons. The number of hydrogen-bond donors (Lipinski definition) is 2. The molecule has 5 nitrogen and oxygen atoms in total. The normalized spacial score (nSPS) is 26.0. The molecule has 2 unspecified atom stereocenters. The molecule has 1 saturated heterocycles. The van der Waals surface area contributed by atoms with E-state index in [4.69, 9.17) is 15.9 Å². The van der Waals surface area contributed by atoms with Crippen LogP contribution >= 0.6 is 0 Å². The molecule has 3 rings (SSSR count). The summed E-state index contributed by atoms with van der Waals surface area (Å²) in [5.74, 6) is 1.84. The van der Waals surface area contributed by atoms with Crippen LogP contribution in [0.5, 0.6) is 0 Å². The first-order valence-corrected chi connectivity index (χ1v) is 7.84. The van der Waals surface area contributed by atoms with Crippen molar-refractivity contribution in [1.29, 1.82) is 0 Å². The summed E-state index contributed by atoms with van der Waals surface area (Å²) in [6.07, 6.45) is 6.43. The van der Waals surface area contributed by atoms with Crippen LogP contribution in [0.25, 0.3) is 0 Å². The summed E-state index contributed by atoms with van der Waals surface area (Å²) >= 11 is 0. The second kappa shape index (κ2) is 5.54. The summed E-state index contributed by atoms with van der Waals surface area (Å²) in [6, 6.07) is 2.56. The van der Waals surface area contributed by atoms with Crippen LogP contribution in [0.4, 0.5) is 5.82 Å². The highest BCUT2D eigenvalue weighted by atomic mass is 16.4. The van der Waals surface area contributed by atoms with Crippen molar-refractivity contribution in [2.45, 2.75) is 52.0 Å². The van der Waals surface area contributed by atoms with Crippen molar-refractivity contribution in [3.05, 3.63) is 22.9 Å². The van der Waals surface area contributed by atoms with Crippen molar-refractivity contribution in [1.82, 2.24) is 4.98 Å². The van der Waals surface area contributed by atoms with E-state index in [-0.39, 0.29) is 5.84 Å². The lowest BCUT2D eigenvalue weighted by molar-refractivity contribution is 0.318. The summed E-state index contributed by atoms with van der Waals surface area (Å²) in [4.78, 5) is 7.13. The molecular formula is C16H24N4O. The Morgan fingerprint density at radius 3 is 2.86 bits per heavy atom. The molecule has 1 aliphatic heterocycles. The molecule has 0 amide bonds. The summed E-state index contributed by atoms with van der Waals surface area (Å²) in [7, 11) is 0. The number of fused-ring (bicyclic) bond motifs is 1. The number of hydrogen-bond acceptors (Lipinski definition) is 4. The Morgan fingerprint density at radius 1 is 1.33 bits per heavy atom. The second-order valence-corrected chi connectivity index (χ2v) is 6.36. The topological polar surface area (TPSA) is 74.7 Å². The number of anilines is 1. The Labute approximate surface area is 125 Å². The van der Waals surface area contributed by atoms with Gasteiger partial charge in [-0.3, -0.25) is 0 Å². The van der Waals surface area contributed by atoms with Gasteiger partial charge in [-0.15, -0.1) is 0 Å². The van der Waals surface area contributed by atoms with E-state index in [1.54, 1.807) is 0 Å². The maximum Gasteiger partial charge on any atom is 0.174 e. The SMILES string of the molecule is Cc1cc(C)c(/C(N)=N/O)c(N2CCC3CCCCC32)n1. The largest absolute Gasteiger partial charge is 0.409 e. The maximum absolute atomic E-state index is 9.10. The quantitative estimate of drug-likeness (QED) is 0.379. The maximum atomic E-state index is 9.10. The Kier molecular flexibility index (Phi) is 3.74. The first-order valence-electron chi connectivity index (χ1n) is 7.84. The Morgan fingerprint density at radius 2 is 2.10 bits per heavy atom. The Hall–Kier alpha value is -1.78. The van der Waals surface area contributed by atoms with Crippen LogP contribution in [-0.2, 0) is 0 Å². The monoisotopic (exact) mass is 288 g/mol. The zero-order valence-electron chi connectivity index (χ0n) is 12.8. The highest BCUT2D eigenvalue weighted by Gasteiger charge is 2.37. The fraction of sp³-hybridized carbons (Fsp3) is 0.625. The van der Waals surface area contributed by atoms with Crippen molar-refractivity contribution in [3.63, 3.8) is 0 Å². The van der Waals surface area contributed by atoms with Crippen LogP contribution in [0, 0.1) is 19.8 Å². The summed E-state index contributed by atoms with van der Waals surface area (Å²) < 4.78 is 0. The van der Waals surface area contributed by atoms with Gasteiger partial charge in [0.05, 0.1) is 5.56 Å². The van der Waals surface area contributed by atoms with Crippen molar-refractivity contribution in [3.8, 4) is 0 Å². The average Bonchev–Trinajstić information content (AvgIpc) is 2.89. The van der Waals surface area contributed by atoms with Gasteiger partial charge in [0.15, 0.2) is 5.84 Å². The highest BCUT2D eigenvalue weighted by molar-refractivity contribution is 6.02.